The molecule has 0 aliphatic carbocycles. The van der Waals surface area contributed by atoms with Gasteiger partial charge in [-0.3, -0.25) is 4.79 Å². The number of carbonyl (C=O) groups is 1. The maximum Gasteiger partial charge on any atom is 0.254 e. The summed E-state index contributed by atoms with van der Waals surface area (Å²) in [5, 5.41) is 2.49. The Bertz CT molecular complexity index is 650. The number of nitrogens with zero attached hydrogens (tertiary/aromatic N) is 1. The van der Waals surface area contributed by atoms with Crippen molar-refractivity contribution in [2.45, 2.75) is 24.7 Å². The third-order valence-corrected chi connectivity index (χ3v) is 5.92. The number of rotatable bonds is 4. The molecule has 1 heterocycles. The second kappa shape index (κ2) is 6.66. The molecule has 0 unspecified atom stereocenters. The van der Waals surface area contributed by atoms with Crippen molar-refractivity contribution in [1.29, 1.82) is 0 Å². The van der Waals surface area contributed by atoms with Gasteiger partial charge in [0.05, 0.1) is 17.6 Å². The Morgan fingerprint density at radius 1 is 1.32 bits per heavy atom. The number of sulfonamides is 1. The van der Waals surface area contributed by atoms with Crippen molar-refractivity contribution in [2.75, 3.05) is 27.2 Å². The summed E-state index contributed by atoms with van der Waals surface area (Å²) in [4.78, 5) is 12.0. The minimum absolute atomic E-state index is 0.126. The van der Waals surface area contributed by atoms with Crippen LogP contribution in [0, 0.1) is 5.92 Å². The summed E-state index contributed by atoms with van der Waals surface area (Å²) in [7, 11) is -0.635. The van der Waals surface area contributed by atoms with E-state index in [0.29, 0.717) is 24.8 Å². The number of amides is 1. The molecule has 22 heavy (non-hydrogen) atoms. The van der Waals surface area contributed by atoms with Crippen LogP contribution < -0.4 is 10.1 Å². The van der Waals surface area contributed by atoms with Crippen molar-refractivity contribution in [3.05, 3.63) is 23.8 Å². The maximum absolute atomic E-state index is 12.7. The number of hydrogen-bond acceptors (Lipinski definition) is 4. The van der Waals surface area contributed by atoms with Gasteiger partial charge in [0.25, 0.3) is 5.91 Å². The molecule has 0 aromatic heterocycles. The first-order valence-electron chi connectivity index (χ1n) is 7.30. The lowest BCUT2D eigenvalue weighted by atomic mass is 10.0. The van der Waals surface area contributed by atoms with E-state index in [4.69, 9.17) is 4.74 Å². The molecule has 0 saturated carbocycles. The third-order valence-electron chi connectivity index (χ3n) is 4.02. The normalized spacial score (nSPS) is 17.2. The minimum atomic E-state index is -3.58. The highest BCUT2D eigenvalue weighted by Gasteiger charge is 2.29. The van der Waals surface area contributed by atoms with Gasteiger partial charge in [0.1, 0.15) is 5.75 Å². The highest BCUT2D eigenvalue weighted by molar-refractivity contribution is 7.89. The van der Waals surface area contributed by atoms with Crippen molar-refractivity contribution >= 4 is 15.9 Å². The first kappa shape index (κ1) is 16.8. The molecule has 0 atom stereocenters. The van der Waals surface area contributed by atoms with Crippen LogP contribution in [0.4, 0.5) is 0 Å². The zero-order chi connectivity index (χ0) is 16.3. The molecule has 7 heteroatoms. The molecule has 1 aliphatic heterocycles. The van der Waals surface area contributed by atoms with E-state index in [1.165, 1.54) is 36.7 Å². The number of hydrogen-bond donors (Lipinski definition) is 1. The lowest BCUT2D eigenvalue weighted by Crippen LogP contribution is -2.38. The monoisotopic (exact) mass is 326 g/mol. The van der Waals surface area contributed by atoms with Gasteiger partial charge in [-0.25, -0.2) is 8.42 Å². The maximum atomic E-state index is 12.7. The molecule has 122 valence electrons. The number of ether oxygens (including phenoxy) is 1. The fourth-order valence-electron chi connectivity index (χ4n) is 2.53. The summed E-state index contributed by atoms with van der Waals surface area (Å²) >= 11 is 0. The Morgan fingerprint density at radius 2 is 1.95 bits per heavy atom. The predicted molar refractivity (Wildman–Crippen MR) is 83.5 cm³/mol. The number of nitrogens with one attached hydrogen (secondary N) is 1. The fourth-order valence-corrected chi connectivity index (χ4v) is 4.03. The predicted octanol–water partition coefficient (Wildman–Crippen LogP) is 1.48. The van der Waals surface area contributed by atoms with Gasteiger partial charge in [-0.2, -0.15) is 4.31 Å². The zero-order valence-electron chi connectivity index (χ0n) is 13.1. The van der Waals surface area contributed by atoms with Crippen LogP contribution in [0.15, 0.2) is 23.1 Å². The molecule has 6 nitrogen and oxygen atoms in total. The molecule has 0 bridgehead atoms. The number of methoxy groups -OCH3 is 1. The topological polar surface area (TPSA) is 75.7 Å². The first-order valence-corrected chi connectivity index (χ1v) is 8.74. The average Bonchev–Trinajstić information content (AvgIpc) is 2.53. The quantitative estimate of drug-likeness (QED) is 0.909. The highest BCUT2D eigenvalue weighted by atomic mass is 32.2. The summed E-state index contributed by atoms with van der Waals surface area (Å²) in [5.74, 6) is 0.524. The first-order chi connectivity index (χ1) is 10.4. The zero-order valence-corrected chi connectivity index (χ0v) is 13.9. The molecule has 1 fully saturated rings. The second-order valence-electron chi connectivity index (χ2n) is 5.53. The summed E-state index contributed by atoms with van der Waals surface area (Å²) in [5.41, 5.74) is 0.219. The van der Waals surface area contributed by atoms with Crippen molar-refractivity contribution in [3.63, 3.8) is 0 Å². The summed E-state index contributed by atoms with van der Waals surface area (Å²) in [6.07, 6.45) is 1.72. The van der Waals surface area contributed by atoms with E-state index in [1.807, 2.05) is 0 Å². The molecule has 1 aromatic carbocycles. The van der Waals surface area contributed by atoms with E-state index >= 15 is 0 Å². The van der Waals surface area contributed by atoms with E-state index in [-0.39, 0.29) is 16.4 Å². The molecule has 2 rings (SSSR count). The van der Waals surface area contributed by atoms with Gasteiger partial charge >= 0.3 is 0 Å². The second-order valence-corrected chi connectivity index (χ2v) is 7.47. The molecule has 1 saturated heterocycles. The van der Waals surface area contributed by atoms with Gasteiger partial charge in [-0.1, -0.05) is 6.92 Å². The minimum Gasteiger partial charge on any atom is -0.496 e. The molecular formula is C15H22N2O4S. The van der Waals surface area contributed by atoms with Crippen LogP contribution in [0.5, 0.6) is 5.75 Å². The standard InChI is InChI=1S/C15H22N2O4S/c1-11-6-8-17(9-7-11)22(19,20)12-4-5-14(21-3)13(10-12)15(18)16-2/h4-5,10-11H,6-9H2,1-3H3,(H,16,18). The van der Waals surface area contributed by atoms with Gasteiger partial charge in [0, 0.05) is 20.1 Å². The van der Waals surface area contributed by atoms with Crippen molar-refractivity contribution < 1.29 is 17.9 Å². The molecule has 1 amide bonds. The van der Waals surface area contributed by atoms with Crippen molar-refractivity contribution in [3.8, 4) is 5.75 Å². The van der Waals surface area contributed by atoms with E-state index in [0.717, 1.165) is 12.8 Å². The summed E-state index contributed by atoms with van der Waals surface area (Å²) < 4.78 is 32.0. The summed E-state index contributed by atoms with van der Waals surface area (Å²) in [6, 6.07) is 4.38. The molecule has 1 N–H and O–H groups in total. The Balaban J connectivity index is 2.37. The van der Waals surface area contributed by atoms with E-state index in [9.17, 15) is 13.2 Å². The van der Waals surface area contributed by atoms with E-state index < -0.39 is 10.0 Å². The van der Waals surface area contributed by atoms with Crippen LogP contribution in [0.1, 0.15) is 30.1 Å². The fraction of sp³-hybridized carbons (Fsp3) is 0.533. The average molecular weight is 326 g/mol. The van der Waals surface area contributed by atoms with Gasteiger partial charge < -0.3 is 10.1 Å². The molecular weight excluding hydrogens is 304 g/mol. The smallest absolute Gasteiger partial charge is 0.254 e. The Kier molecular flexibility index (Phi) is 5.08. The third kappa shape index (κ3) is 3.25. The lowest BCUT2D eigenvalue weighted by Gasteiger charge is -2.29. The van der Waals surface area contributed by atoms with Gasteiger partial charge in [0.15, 0.2) is 0 Å². The van der Waals surface area contributed by atoms with Gasteiger partial charge in [0.2, 0.25) is 10.0 Å². The van der Waals surface area contributed by atoms with Crippen LogP contribution >= 0.6 is 0 Å². The number of benzene rings is 1. The van der Waals surface area contributed by atoms with Gasteiger partial charge in [-0.15, -0.1) is 0 Å². The van der Waals surface area contributed by atoms with Crippen LogP contribution in [-0.2, 0) is 10.0 Å². The lowest BCUT2D eigenvalue weighted by molar-refractivity contribution is 0.0960. The molecule has 1 aliphatic rings. The molecule has 0 spiro atoms. The van der Waals surface area contributed by atoms with Crippen molar-refractivity contribution in [1.82, 2.24) is 9.62 Å². The number of carbonyl (C=O) groups excluding carboxylic acids is 1. The van der Waals surface area contributed by atoms with Crippen LogP contribution in [-0.4, -0.2) is 45.9 Å². The Labute approximate surface area is 131 Å². The van der Waals surface area contributed by atoms with E-state index in [1.54, 1.807) is 0 Å². The highest BCUT2D eigenvalue weighted by Crippen LogP contribution is 2.27. The summed E-state index contributed by atoms with van der Waals surface area (Å²) in [6.45, 7) is 3.16. The Hall–Kier alpha value is -1.60. The van der Waals surface area contributed by atoms with Crippen LogP contribution in [0.2, 0.25) is 0 Å². The SMILES string of the molecule is CNC(=O)c1cc(S(=O)(=O)N2CCC(C)CC2)ccc1OC. The van der Waals surface area contributed by atoms with Gasteiger partial charge in [-0.05, 0) is 37.0 Å². The van der Waals surface area contributed by atoms with Crippen LogP contribution in [0.25, 0.3) is 0 Å². The van der Waals surface area contributed by atoms with Crippen LogP contribution in [0.3, 0.4) is 0 Å². The number of piperidine rings is 1. The largest absolute Gasteiger partial charge is 0.496 e. The Morgan fingerprint density at radius 3 is 2.50 bits per heavy atom. The molecule has 1 aromatic rings. The van der Waals surface area contributed by atoms with E-state index in [2.05, 4.69) is 12.2 Å². The molecule has 0 radical (unpaired) electrons. The van der Waals surface area contributed by atoms with Crippen molar-refractivity contribution in [2.24, 2.45) is 5.92 Å².